The zero-order chi connectivity index (χ0) is 21.5. The van der Waals surface area contributed by atoms with E-state index in [2.05, 4.69) is 20.4 Å². The highest BCUT2D eigenvalue weighted by Gasteiger charge is 2.37. The van der Waals surface area contributed by atoms with E-state index < -0.39 is 0 Å². The van der Waals surface area contributed by atoms with Gasteiger partial charge in [0.15, 0.2) is 0 Å². The Kier molecular flexibility index (Phi) is 7.81. The van der Waals surface area contributed by atoms with E-state index in [1.54, 1.807) is 0 Å². The number of nitrogens with zero attached hydrogens (tertiary/aromatic N) is 2. The molecule has 31 heavy (non-hydrogen) atoms. The van der Waals surface area contributed by atoms with Crippen LogP contribution in [0.15, 0.2) is 30.3 Å². The van der Waals surface area contributed by atoms with E-state index in [1.807, 2.05) is 30.3 Å². The summed E-state index contributed by atoms with van der Waals surface area (Å²) in [5.41, 5.74) is 1.09. The molecule has 1 saturated carbocycles. The third kappa shape index (κ3) is 6.43. The summed E-state index contributed by atoms with van der Waals surface area (Å²) in [4.78, 5) is 29.3. The number of nitrogens with one attached hydrogen (secondary N) is 2. The second-order valence-electron chi connectivity index (χ2n) is 9.01. The molecule has 2 heterocycles. The van der Waals surface area contributed by atoms with Crippen molar-refractivity contribution in [1.82, 2.24) is 20.4 Å². The van der Waals surface area contributed by atoms with E-state index in [-0.39, 0.29) is 6.03 Å². The molecule has 1 aliphatic carbocycles. The molecule has 170 valence electrons. The maximum atomic E-state index is 12.4. The number of piperidine rings is 1. The van der Waals surface area contributed by atoms with E-state index in [0.717, 1.165) is 76.9 Å². The van der Waals surface area contributed by atoms with Gasteiger partial charge in [0.05, 0.1) is 0 Å². The summed E-state index contributed by atoms with van der Waals surface area (Å²) < 4.78 is 5.58. The summed E-state index contributed by atoms with van der Waals surface area (Å²) in [7, 11) is 0. The van der Waals surface area contributed by atoms with Gasteiger partial charge in [0.1, 0.15) is 0 Å². The van der Waals surface area contributed by atoms with Crippen molar-refractivity contribution >= 4 is 11.9 Å². The second-order valence-corrected chi connectivity index (χ2v) is 9.01. The van der Waals surface area contributed by atoms with Crippen molar-refractivity contribution in [2.24, 2.45) is 5.92 Å². The first kappa shape index (κ1) is 22.1. The van der Waals surface area contributed by atoms with Crippen LogP contribution in [0.25, 0.3) is 0 Å². The number of likely N-dealkylation sites (tertiary alicyclic amines) is 1. The van der Waals surface area contributed by atoms with E-state index in [1.165, 1.54) is 0 Å². The Balaban J connectivity index is 1.24. The molecule has 0 aromatic heterocycles. The van der Waals surface area contributed by atoms with Gasteiger partial charge in [0, 0.05) is 63.9 Å². The lowest BCUT2D eigenvalue weighted by Gasteiger charge is -2.43. The monoisotopic (exact) mass is 428 g/mol. The van der Waals surface area contributed by atoms with Gasteiger partial charge in [-0.05, 0) is 44.1 Å². The Hall–Kier alpha value is -2.12. The topological polar surface area (TPSA) is 73.9 Å². The van der Waals surface area contributed by atoms with Crippen molar-refractivity contribution in [3.63, 3.8) is 0 Å². The van der Waals surface area contributed by atoms with Crippen LogP contribution in [0.1, 0.15) is 44.1 Å². The molecule has 2 saturated heterocycles. The summed E-state index contributed by atoms with van der Waals surface area (Å²) in [6.45, 7) is 5.35. The van der Waals surface area contributed by atoms with Crippen LogP contribution in [0, 0.1) is 5.92 Å². The lowest BCUT2D eigenvalue weighted by molar-refractivity contribution is -0.134. The molecule has 1 aromatic carbocycles. The van der Waals surface area contributed by atoms with Crippen molar-refractivity contribution in [2.75, 3.05) is 39.4 Å². The fraction of sp³-hybridized carbons (Fsp3) is 0.667. The number of carbonyl (C=O) groups excluding carboxylic acids is 2. The van der Waals surface area contributed by atoms with Crippen LogP contribution < -0.4 is 10.6 Å². The van der Waals surface area contributed by atoms with Gasteiger partial charge >= 0.3 is 6.03 Å². The zero-order valence-corrected chi connectivity index (χ0v) is 18.4. The van der Waals surface area contributed by atoms with Crippen LogP contribution in [0.5, 0.6) is 0 Å². The average Bonchev–Trinajstić information content (AvgIpc) is 3.67. The van der Waals surface area contributed by atoms with Gasteiger partial charge in [-0.2, -0.15) is 0 Å². The van der Waals surface area contributed by atoms with E-state index in [9.17, 15) is 9.59 Å². The minimum absolute atomic E-state index is 0.124. The molecular formula is C24H36N4O3. The predicted octanol–water partition coefficient (Wildman–Crippen LogP) is 2.37. The number of ether oxygens (including phenoxy) is 1. The molecule has 0 unspecified atom stereocenters. The highest BCUT2D eigenvalue weighted by Crippen LogP contribution is 2.32. The number of urea groups is 1. The molecule has 0 radical (unpaired) electrons. The molecule has 3 fully saturated rings. The minimum Gasteiger partial charge on any atom is -0.381 e. The molecule has 7 heteroatoms. The first-order valence-corrected chi connectivity index (χ1v) is 11.9. The van der Waals surface area contributed by atoms with Crippen LogP contribution in [0.2, 0.25) is 0 Å². The van der Waals surface area contributed by atoms with Crippen molar-refractivity contribution in [1.29, 1.82) is 0 Å². The fourth-order valence-corrected chi connectivity index (χ4v) is 4.83. The van der Waals surface area contributed by atoms with Gasteiger partial charge in [-0.3, -0.25) is 9.69 Å². The SMILES string of the molecule is O=C(NCCN(C1CCOCC1)C1CCN(C(=O)C2CC2)CC1)NCc1ccccc1. The minimum atomic E-state index is -0.124. The van der Waals surface area contributed by atoms with Gasteiger partial charge < -0.3 is 20.3 Å². The first-order chi connectivity index (χ1) is 15.2. The first-order valence-electron chi connectivity index (χ1n) is 11.9. The highest BCUT2D eigenvalue weighted by atomic mass is 16.5. The number of hydrogen-bond donors (Lipinski definition) is 2. The molecule has 2 N–H and O–H groups in total. The fourth-order valence-electron chi connectivity index (χ4n) is 4.83. The molecule has 3 aliphatic rings. The molecule has 4 rings (SSSR count). The van der Waals surface area contributed by atoms with E-state index in [0.29, 0.717) is 37.0 Å². The quantitative estimate of drug-likeness (QED) is 0.667. The molecular weight excluding hydrogens is 392 g/mol. The Morgan fingerprint density at radius 1 is 0.935 bits per heavy atom. The summed E-state index contributed by atoms with van der Waals surface area (Å²) in [5.74, 6) is 0.676. The smallest absolute Gasteiger partial charge is 0.315 e. The molecule has 0 atom stereocenters. The van der Waals surface area contributed by atoms with Gasteiger partial charge in [0.25, 0.3) is 0 Å². The molecule has 3 amide bonds. The van der Waals surface area contributed by atoms with Gasteiger partial charge in [0.2, 0.25) is 5.91 Å². The van der Waals surface area contributed by atoms with Gasteiger partial charge in [-0.25, -0.2) is 4.79 Å². The third-order valence-electron chi connectivity index (χ3n) is 6.78. The Labute approximate surface area is 185 Å². The van der Waals surface area contributed by atoms with Crippen molar-refractivity contribution in [2.45, 2.75) is 57.2 Å². The van der Waals surface area contributed by atoms with Crippen molar-refractivity contribution < 1.29 is 14.3 Å². The average molecular weight is 429 g/mol. The number of rotatable bonds is 8. The molecule has 1 aromatic rings. The molecule has 0 bridgehead atoms. The summed E-state index contributed by atoms with van der Waals surface area (Å²) in [5, 5.41) is 5.96. The molecule has 2 aliphatic heterocycles. The van der Waals surface area contributed by atoms with E-state index in [4.69, 9.17) is 4.74 Å². The Morgan fingerprint density at radius 3 is 2.29 bits per heavy atom. The zero-order valence-electron chi connectivity index (χ0n) is 18.4. The largest absolute Gasteiger partial charge is 0.381 e. The van der Waals surface area contributed by atoms with Crippen LogP contribution in [0.4, 0.5) is 4.79 Å². The van der Waals surface area contributed by atoms with Gasteiger partial charge in [-0.1, -0.05) is 30.3 Å². The van der Waals surface area contributed by atoms with Crippen LogP contribution in [-0.2, 0) is 16.1 Å². The summed E-state index contributed by atoms with van der Waals surface area (Å²) in [6.07, 6.45) is 6.28. The third-order valence-corrected chi connectivity index (χ3v) is 6.78. The van der Waals surface area contributed by atoms with Crippen LogP contribution >= 0.6 is 0 Å². The summed E-state index contributed by atoms with van der Waals surface area (Å²) in [6, 6.07) is 10.8. The lowest BCUT2D eigenvalue weighted by Crippen LogP contribution is -2.53. The van der Waals surface area contributed by atoms with Gasteiger partial charge in [-0.15, -0.1) is 0 Å². The Morgan fingerprint density at radius 2 is 1.61 bits per heavy atom. The molecule has 7 nitrogen and oxygen atoms in total. The maximum absolute atomic E-state index is 12.4. The normalized spacial score (nSPS) is 20.6. The number of hydrogen-bond acceptors (Lipinski definition) is 4. The number of benzene rings is 1. The lowest BCUT2D eigenvalue weighted by atomic mass is 9.97. The van der Waals surface area contributed by atoms with Crippen molar-refractivity contribution in [3.05, 3.63) is 35.9 Å². The van der Waals surface area contributed by atoms with Crippen molar-refractivity contribution in [3.8, 4) is 0 Å². The molecule has 0 spiro atoms. The Bertz CT molecular complexity index is 711. The predicted molar refractivity (Wildman–Crippen MR) is 120 cm³/mol. The van der Waals surface area contributed by atoms with Crippen LogP contribution in [0.3, 0.4) is 0 Å². The summed E-state index contributed by atoms with van der Waals surface area (Å²) >= 11 is 0. The van der Waals surface area contributed by atoms with E-state index >= 15 is 0 Å². The second kappa shape index (κ2) is 11.0. The highest BCUT2D eigenvalue weighted by molar-refractivity contribution is 5.81. The standard InChI is InChI=1S/C24H36N4O3/c29-23(20-6-7-20)27-13-8-21(9-14-27)28(22-10-16-31-17-11-22)15-12-25-24(30)26-18-19-4-2-1-3-5-19/h1-5,20-22H,6-18H2,(H2,25,26,30). The number of amides is 3. The maximum Gasteiger partial charge on any atom is 0.315 e. The van der Waals surface area contributed by atoms with Crippen LogP contribution in [-0.4, -0.2) is 73.2 Å². The number of carbonyl (C=O) groups is 2.